The van der Waals surface area contributed by atoms with E-state index in [0.29, 0.717) is 6.07 Å². The zero-order valence-electron chi connectivity index (χ0n) is 13.1. The number of carbonyl (C=O) groups excluding carboxylic acids is 1. The van der Waals surface area contributed by atoms with Gasteiger partial charge in [0.05, 0.1) is 16.9 Å². The van der Waals surface area contributed by atoms with Gasteiger partial charge >= 0.3 is 0 Å². The smallest absolute Gasteiger partial charge is 0.253 e. The van der Waals surface area contributed by atoms with Crippen LogP contribution in [0.5, 0.6) is 0 Å². The van der Waals surface area contributed by atoms with Crippen molar-refractivity contribution in [2.75, 3.05) is 5.73 Å². The second-order valence-electron chi connectivity index (χ2n) is 5.40. The number of nitrogens with zero attached hydrogens (tertiary/aromatic N) is 1. The second-order valence-corrected chi connectivity index (χ2v) is 5.40. The van der Waals surface area contributed by atoms with E-state index >= 15 is 0 Å². The number of rotatable bonds is 3. The third kappa shape index (κ3) is 2.85. The SMILES string of the molecule is NC(=O)c1c(-c2ccc(F)cc2F)ncc(-c2cccc(F)c2F)c1N. The molecule has 1 heterocycles. The van der Waals surface area contributed by atoms with Crippen molar-refractivity contribution in [1.29, 1.82) is 0 Å². The molecule has 0 saturated heterocycles. The van der Waals surface area contributed by atoms with Crippen LogP contribution in [-0.2, 0) is 0 Å². The molecule has 0 aliphatic rings. The Bertz CT molecular complexity index is 1040. The number of nitrogens with two attached hydrogens (primary N) is 2. The highest BCUT2D eigenvalue weighted by atomic mass is 19.2. The van der Waals surface area contributed by atoms with Crippen LogP contribution in [0.1, 0.15) is 10.4 Å². The maximum atomic E-state index is 14.1. The van der Waals surface area contributed by atoms with E-state index in [1.54, 1.807) is 0 Å². The molecule has 4 nitrogen and oxygen atoms in total. The lowest BCUT2D eigenvalue weighted by Crippen LogP contribution is -2.17. The number of carbonyl (C=O) groups is 1. The number of nitrogen functional groups attached to an aromatic ring is 1. The van der Waals surface area contributed by atoms with Gasteiger partial charge in [-0.15, -0.1) is 0 Å². The van der Waals surface area contributed by atoms with E-state index in [9.17, 15) is 22.4 Å². The number of anilines is 1. The summed E-state index contributed by atoms with van der Waals surface area (Å²) in [5.41, 5.74) is 9.82. The van der Waals surface area contributed by atoms with Gasteiger partial charge < -0.3 is 11.5 Å². The fourth-order valence-corrected chi connectivity index (χ4v) is 2.59. The monoisotopic (exact) mass is 361 g/mol. The summed E-state index contributed by atoms with van der Waals surface area (Å²) in [7, 11) is 0. The topological polar surface area (TPSA) is 82.0 Å². The summed E-state index contributed by atoms with van der Waals surface area (Å²) in [6, 6.07) is 6.07. The van der Waals surface area contributed by atoms with Gasteiger partial charge in [0.1, 0.15) is 11.6 Å². The first-order valence-electron chi connectivity index (χ1n) is 7.29. The van der Waals surface area contributed by atoms with Crippen molar-refractivity contribution in [2.24, 2.45) is 5.73 Å². The fourth-order valence-electron chi connectivity index (χ4n) is 2.59. The Balaban J connectivity index is 2.29. The number of primary amides is 1. The van der Waals surface area contributed by atoms with Gasteiger partial charge in [-0.2, -0.15) is 0 Å². The van der Waals surface area contributed by atoms with Crippen molar-refractivity contribution in [3.63, 3.8) is 0 Å². The molecule has 8 heteroatoms. The van der Waals surface area contributed by atoms with Crippen LogP contribution >= 0.6 is 0 Å². The summed E-state index contributed by atoms with van der Waals surface area (Å²) >= 11 is 0. The van der Waals surface area contributed by atoms with Gasteiger partial charge in [0.15, 0.2) is 11.6 Å². The van der Waals surface area contributed by atoms with Crippen molar-refractivity contribution in [3.8, 4) is 22.4 Å². The molecule has 26 heavy (non-hydrogen) atoms. The summed E-state index contributed by atoms with van der Waals surface area (Å²) in [5, 5.41) is 0. The zero-order chi connectivity index (χ0) is 19.0. The summed E-state index contributed by atoms with van der Waals surface area (Å²) in [6.07, 6.45) is 1.07. The molecular weight excluding hydrogens is 350 g/mol. The lowest BCUT2D eigenvalue weighted by molar-refractivity contribution is 0.100. The van der Waals surface area contributed by atoms with Gasteiger partial charge in [-0.3, -0.25) is 9.78 Å². The number of halogens is 4. The van der Waals surface area contributed by atoms with Gasteiger partial charge in [-0.05, 0) is 18.2 Å². The summed E-state index contributed by atoms with van der Waals surface area (Å²) in [6.45, 7) is 0. The molecule has 0 unspecified atom stereocenters. The van der Waals surface area contributed by atoms with Crippen molar-refractivity contribution in [2.45, 2.75) is 0 Å². The first kappa shape index (κ1) is 17.4. The molecule has 132 valence electrons. The number of benzene rings is 2. The van der Waals surface area contributed by atoms with E-state index < -0.39 is 29.2 Å². The summed E-state index contributed by atoms with van der Waals surface area (Å²) in [4.78, 5) is 15.8. The van der Waals surface area contributed by atoms with Gasteiger partial charge in [-0.1, -0.05) is 12.1 Å². The predicted molar refractivity (Wildman–Crippen MR) is 87.9 cm³/mol. The second kappa shape index (κ2) is 6.47. The molecule has 0 aliphatic carbocycles. The van der Waals surface area contributed by atoms with Crippen LogP contribution in [-0.4, -0.2) is 10.9 Å². The molecule has 0 aliphatic heterocycles. The number of hydrogen-bond donors (Lipinski definition) is 2. The van der Waals surface area contributed by atoms with Gasteiger partial charge in [-0.25, -0.2) is 17.6 Å². The molecule has 0 bridgehead atoms. The number of hydrogen-bond acceptors (Lipinski definition) is 3. The Hall–Kier alpha value is -3.42. The van der Waals surface area contributed by atoms with Crippen LogP contribution in [0.3, 0.4) is 0 Å². The van der Waals surface area contributed by atoms with Crippen LogP contribution < -0.4 is 11.5 Å². The maximum absolute atomic E-state index is 14.1. The van der Waals surface area contributed by atoms with E-state index in [0.717, 1.165) is 24.4 Å². The van der Waals surface area contributed by atoms with Crippen LogP contribution in [0.15, 0.2) is 42.6 Å². The van der Waals surface area contributed by atoms with E-state index in [1.165, 1.54) is 12.1 Å². The maximum Gasteiger partial charge on any atom is 0.253 e. The van der Waals surface area contributed by atoms with E-state index in [2.05, 4.69) is 4.98 Å². The lowest BCUT2D eigenvalue weighted by atomic mass is 9.97. The minimum Gasteiger partial charge on any atom is -0.397 e. The molecule has 0 radical (unpaired) electrons. The Kier molecular flexibility index (Phi) is 4.33. The molecule has 0 fully saturated rings. The molecule has 2 aromatic carbocycles. The van der Waals surface area contributed by atoms with Crippen LogP contribution in [0, 0.1) is 23.3 Å². The molecule has 3 rings (SSSR count). The molecule has 1 aromatic heterocycles. The number of aromatic nitrogens is 1. The highest BCUT2D eigenvalue weighted by Crippen LogP contribution is 2.36. The van der Waals surface area contributed by atoms with Gasteiger partial charge in [0, 0.05) is 29.0 Å². The number of pyridine rings is 1. The normalized spacial score (nSPS) is 10.8. The molecule has 0 saturated carbocycles. The average Bonchev–Trinajstić information content (AvgIpc) is 2.57. The van der Waals surface area contributed by atoms with Crippen molar-refractivity contribution in [3.05, 3.63) is 71.4 Å². The minimum atomic E-state index is -1.18. The third-order valence-corrected chi connectivity index (χ3v) is 3.79. The molecule has 4 N–H and O–H groups in total. The Morgan fingerprint density at radius 3 is 2.31 bits per heavy atom. The summed E-state index contributed by atoms with van der Waals surface area (Å²) in [5.74, 6) is -5.15. The van der Waals surface area contributed by atoms with Crippen LogP contribution in [0.25, 0.3) is 22.4 Å². The van der Waals surface area contributed by atoms with E-state index in [-0.39, 0.29) is 33.6 Å². The molecule has 1 amide bonds. The zero-order valence-corrected chi connectivity index (χ0v) is 13.1. The number of amides is 1. The Morgan fingerprint density at radius 1 is 0.923 bits per heavy atom. The fraction of sp³-hybridized carbons (Fsp3) is 0. The molecule has 3 aromatic rings. The van der Waals surface area contributed by atoms with Crippen LogP contribution in [0.4, 0.5) is 23.2 Å². The standard InChI is InChI=1S/C18H11F4N3O/c19-8-4-5-10(13(21)6-8)17-14(18(24)26)16(23)11(7-25-17)9-2-1-3-12(20)15(9)22/h1-7H,(H2,23,25)(H2,24,26). The van der Waals surface area contributed by atoms with Crippen LogP contribution in [0.2, 0.25) is 0 Å². The Labute approximate surface area is 145 Å². The predicted octanol–water partition coefficient (Wildman–Crippen LogP) is 3.65. The van der Waals surface area contributed by atoms with Gasteiger partial charge in [0.25, 0.3) is 5.91 Å². The largest absolute Gasteiger partial charge is 0.397 e. The quantitative estimate of drug-likeness (QED) is 0.699. The summed E-state index contributed by atoms with van der Waals surface area (Å²) < 4.78 is 54.7. The first-order valence-corrected chi connectivity index (χ1v) is 7.29. The molecule has 0 atom stereocenters. The highest BCUT2D eigenvalue weighted by Gasteiger charge is 2.23. The molecular formula is C18H11F4N3O. The van der Waals surface area contributed by atoms with Crippen molar-refractivity contribution in [1.82, 2.24) is 4.98 Å². The third-order valence-electron chi connectivity index (χ3n) is 3.79. The van der Waals surface area contributed by atoms with Crippen molar-refractivity contribution < 1.29 is 22.4 Å². The van der Waals surface area contributed by atoms with E-state index in [1.807, 2.05) is 0 Å². The molecule has 0 spiro atoms. The Morgan fingerprint density at radius 2 is 1.65 bits per heavy atom. The van der Waals surface area contributed by atoms with E-state index in [4.69, 9.17) is 11.5 Å². The highest BCUT2D eigenvalue weighted by molar-refractivity contribution is 6.06. The van der Waals surface area contributed by atoms with Gasteiger partial charge in [0.2, 0.25) is 0 Å². The van der Waals surface area contributed by atoms with Crippen molar-refractivity contribution >= 4 is 11.6 Å². The average molecular weight is 361 g/mol. The minimum absolute atomic E-state index is 0.0814. The first-order chi connectivity index (χ1) is 12.3. The lowest BCUT2D eigenvalue weighted by Gasteiger charge is -2.14.